The predicted molar refractivity (Wildman–Crippen MR) is 114 cm³/mol. The maximum absolute atomic E-state index is 12.1. The number of rotatable bonds is 6. The molecule has 0 bridgehead atoms. The minimum absolute atomic E-state index is 0.292. The average Bonchev–Trinajstić information content (AvgIpc) is 3.39. The van der Waals surface area contributed by atoms with Crippen molar-refractivity contribution in [3.05, 3.63) is 102 Å². The van der Waals surface area contributed by atoms with Crippen LogP contribution in [-0.2, 0) is 6.54 Å². The summed E-state index contributed by atoms with van der Waals surface area (Å²) < 4.78 is 1.89. The summed E-state index contributed by atoms with van der Waals surface area (Å²) in [6.07, 6.45) is 5.27. The molecule has 144 valence electrons. The molecule has 0 atom stereocenters. The van der Waals surface area contributed by atoms with Crippen LogP contribution in [0.5, 0.6) is 0 Å². The van der Waals surface area contributed by atoms with Crippen LogP contribution in [0.1, 0.15) is 27.2 Å². The molecule has 4 aromatic rings. The molecule has 0 unspecified atom stereocenters. The van der Waals surface area contributed by atoms with Gasteiger partial charge in [-0.25, -0.2) is 5.43 Å². The number of aryl methyl sites for hydroxylation is 1. The third-order valence-electron chi connectivity index (χ3n) is 4.48. The number of carbonyl (C=O) groups excluding carboxylic acids is 1. The Kier molecular flexibility index (Phi) is 5.33. The average molecular weight is 383 g/mol. The number of benzene rings is 2. The Morgan fingerprint density at radius 1 is 1.14 bits per heavy atom. The van der Waals surface area contributed by atoms with Gasteiger partial charge in [-0.15, -0.1) is 0 Å². The van der Waals surface area contributed by atoms with Gasteiger partial charge in [-0.3, -0.25) is 9.48 Å². The molecule has 0 aliphatic carbocycles. The highest BCUT2D eigenvalue weighted by Gasteiger charge is 2.11. The number of amides is 1. The summed E-state index contributed by atoms with van der Waals surface area (Å²) in [4.78, 5) is 14.9. The number of aromatic nitrogens is 3. The Balaban J connectivity index is 1.61. The normalized spacial score (nSPS) is 11.1. The molecule has 2 aromatic heterocycles. The van der Waals surface area contributed by atoms with Crippen molar-refractivity contribution in [2.24, 2.45) is 5.10 Å². The fourth-order valence-corrected chi connectivity index (χ4v) is 3.09. The van der Waals surface area contributed by atoms with Crippen molar-refractivity contribution in [1.29, 1.82) is 0 Å². The Morgan fingerprint density at radius 2 is 2.00 bits per heavy atom. The van der Waals surface area contributed by atoms with Crippen molar-refractivity contribution < 1.29 is 4.79 Å². The van der Waals surface area contributed by atoms with Crippen molar-refractivity contribution in [2.75, 3.05) is 0 Å². The fourth-order valence-electron chi connectivity index (χ4n) is 3.09. The lowest BCUT2D eigenvalue weighted by atomic mass is 10.1. The third kappa shape index (κ3) is 4.50. The van der Waals surface area contributed by atoms with Gasteiger partial charge in [0.05, 0.1) is 12.8 Å². The van der Waals surface area contributed by atoms with Crippen LogP contribution in [0.25, 0.3) is 11.3 Å². The standard InChI is InChI=1S/C23H21N5O/c1-17-7-5-10-19(13-17)22-20(14-25-26-23(29)21-11-6-12-24-21)16-28(27-22)15-18-8-3-2-4-9-18/h2-14,16,24H,15H2,1H3,(H,26,29)/b25-14-. The van der Waals surface area contributed by atoms with Crippen molar-refractivity contribution in [1.82, 2.24) is 20.2 Å². The SMILES string of the molecule is Cc1cccc(-c2nn(Cc3ccccc3)cc2/C=N\NC(=O)c2ccc[nH]2)c1. The highest BCUT2D eigenvalue weighted by molar-refractivity contribution is 5.94. The maximum Gasteiger partial charge on any atom is 0.287 e. The summed E-state index contributed by atoms with van der Waals surface area (Å²) in [7, 11) is 0. The highest BCUT2D eigenvalue weighted by atomic mass is 16.2. The van der Waals surface area contributed by atoms with Crippen molar-refractivity contribution >= 4 is 12.1 Å². The van der Waals surface area contributed by atoms with Gasteiger partial charge in [0.25, 0.3) is 5.91 Å². The van der Waals surface area contributed by atoms with E-state index in [1.807, 2.05) is 41.2 Å². The summed E-state index contributed by atoms with van der Waals surface area (Å²) in [5.41, 5.74) is 7.98. The Hall–Kier alpha value is -3.93. The zero-order valence-corrected chi connectivity index (χ0v) is 16.0. The first-order chi connectivity index (χ1) is 14.2. The Labute approximate surface area is 168 Å². The zero-order chi connectivity index (χ0) is 20.1. The van der Waals surface area contributed by atoms with E-state index in [1.54, 1.807) is 24.5 Å². The van der Waals surface area contributed by atoms with Gasteiger partial charge in [0.15, 0.2) is 0 Å². The first kappa shape index (κ1) is 18.4. The van der Waals surface area contributed by atoms with E-state index in [2.05, 4.69) is 46.7 Å². The van der Waals surface area contributed by atoms with Crippen LogP contribution >= 0.6 is 0 Å². The molecule has 0 fully saturated rings. The number of nitrogens with one attached hydrogen (secondary N) is 2. The third-order valence-corrected chi connectivity index (χ3v) is 4.48. The number of hydrogen-bond donors (Lipinski definition) is 2. The topological polar surface area (TPSA) is 75.1 Å². The molecule has 0 aliphatic heterocycles. The molecule has 0 saturated heterocycles. The van der Waals surface area contributed by atoms with Gasteiger partial charge in [0.1, 0.15) is 11.4 Å². The summed E-state index contributed by atoms with van der Waals surface area (Å²) >= 11 is 0. The molecular weight excluding hydrogens is 362 g/mol. The van der Waals surface area contributed by atoms with E-state index < -0.39 is 0 Å². The van der Waals surface area contributed by atoms with E-state index in [0.717, 1.165) is 27.9 Å². The van der Waals surface area contributed by atoms with Crippen LogP contribution in [0, 0.1) is 6.92 Å². The summed E-state index contributed by atoms with van der Waals surface area (Å²) in [6.45, 7) is 2.71. The van der Waals surface area contributed by atoms with E-state index >= 15 is 0 Å². The lowest BCUT2D eigenvalue weighted by Crippen LogP contribution is -2.17. The minimum Gasteiger partial charge on any atom is -0.357 e. The fraction of sp³-hybridized carbons (Fsp3) is 0.0870. The molecular formula is C23H21N5O. The van der Waals surface area contributed by atoms with E-state index in [0.29, 0.717) is 12.2 Å². The van der Waals surface area contributed by atoms with Gasteiger partial charge < -0.3 is 4.98 Å². The molecule has 1 amide bonds. The summed E-state index contributed by atoms with van der Waals surface area (Å²) in [6, 6.07) is 21.8. The Morgan fingerprint density at radius 3 is 2.76 bits per heavy atom. The van der Waals surface area contributed by atoms with E-state index in [4.69, 9.17) is 5.10 Å². The number of H-pyrrole nitrogens is 1. The lowest BCUT2D eigenvalue weighted by molar-refractivity contribution is 0.0951. The van der Waals surface area contributed by atoms with Crippen LogP contribution in [0.15, 0.2) is 84.2 Å². The first-order valence-electron chi connectivity index (χ1n) is 9.34. The van der Waals surface area contributed by atoms with Gasteiger partial charge in [-0.1, -0.05) is 54.1 Å². The molecule has 2 N–H and O–H groups in total. The second-order valence-electron chi connectivity index (χ2n) is 6.77. The van der Waals surface area contributed by atoms with Crippen LogP contribution in [0.4, 0.5) is 0 Å². The zero-order valence-electron chi connectivity index (χ0n) is 16.0. The van der Waals surface area contributed by atoms with Gasteiger partial charge in [0, 0.05) is 23.5 Å². The molecule has 0 saturated carbocycles. The highest BCUT2D eigenvalue weighted by Crippen LogP contribution is 2.22. The number of hydrogen-bond acceptors (Lipinski definition) is 3. The number of carbonyl (C=O) groups is 1. The molecule has 6 heteroatoms. The lowest BCUT2D eigenvalue weighted by Gasteiger charge is -2.02. The van der Waals surface area contributed by atoms with Gasteiger partial charge >= 0.3 is 0 Å². The van der Waals surface area contributed by atoms with Crippen molar-refractivity contribution in [3.8, 4) is 11.3 Å². The predicted octanol–water partition coefficient (Wildman–Crippen LogP) is 4.00. The monoisotopic (exact) mass is 383 g/mol. The largest absolute Gasteiger partial charge is 0.357 e. The molecule has 2 heterocycles. The molecule has 4 rings (SSSR count). The maximum atomic E-state index is 12.1. The van der Waals surface area contributed by atoms with E-state index in [9.17, 15) is 4.79 Å². The minimum atomic E-state index is -0.292. The molecule has 0 aliphatic rings. The summed E-state index contributed by atoms with van der Waals surface area (Å²) in [5, 5.41) is 8.90. The first-order valence-corrected chi connectivity index (χ1v) is 9.34. The second kappa shape index (κ2) is 8.39. The van der Waals surface area contributed by atoms with Gasteiger partial charge in [-0.05, 0) is 30.7 Å². The Bertz CT molecular complexity index is 1130. The van der Waals surface area contributed by atoms with Crippen LogP contribution in [0.2, 0.25) is 0 Å². The second-order valence-corrected chi connectivity index (χ2v) is 6.77. The summed E-state index contributed by atoms with van der Waals surface area (Å²) in [5.74, 6) is -0.292. The van der Waals surface area contributed by atoms with Crippen LogP contribution in [-0.4, -0.2) is 26.9 Å². The molecule has 0 radical (unpaired) electrons. The molecule has 6 nitrogen and oxygen atoms in total. The van der Waals surface area contributed by atoms with E-state index in [1.165, 1.54) is 0 Å². The van der Waals surface area contributed by atoms with Crippen molar-refractivity contribution in [3.63, 3.8) is 0 Å². The number of hydrazone groups is 1. The van der Waals surface area contributed by atoms with Gasteiger partial charge in [0.2, 0.25) is 0 Å². The molecule has 2 aromatic carbocycles. The van der Waals surface area contributed by atoms with Crippen LogP contribution in [0.3, 0.4) is 0 Å². The quantitative estimate of drug-likeness (QED) is 0.390. The van der Waals surface area contributed by atoms with Crippen LogP contribution < -0.4 is 5.43 Å². The molecule has 0 spiro atoms. The number of nitrogens with zero attached hydrogens (tertiary/aromatic N) is 3. The smallest absolute Gasteiger partial charge is 0.287 e. The van der Waals surface area contributed by atoms with Gasteiger partial charge in [-0.2, -0.15) is 10.2 Å². The number of aromatic amines is 1. The van der Waals surface area contributed by atoms with Crippen molar-refractivity contribution in [2.45, 2.75) is 13.5 Å². The molecule has 29 heavy (non-hydrogen) atoms. The van der Waals surface area contributed by atoms with E-state index in [-0.39, 0.29) is 5.91 Å².